The monoisotopic (exact) mass is 253 g/mol. The Hall–Kier alpha value is -0.790. The molecule has 0 rings (SSSR count). The van der Waals surface area contributed by atoms with Crippen LogP contribution in [-0.2, 0) is 4.79 Å². The zero-order valence-electron chi connectivity index (χ0n) is 12.2. The maximum atomic E-state index is 10.9. The molecule has 1 N–H and O–H groups in total. The van der Waals surface area contributed by atoms with E-state index in [0.29, 0.717) is 0 Å². The fourth-order valence-electron chi connectivity index (χ4n) is 2.07. The normalized spacial score (nSPS) is 10.3. The first-order chi connectivity index (χ1) is 8.81. The number of amides is 1. The summed E-state index contributed by atoms with van der Waals surface area (Å²) < 4.78 is 0. The second-order valence-electron chi connectivity index (χ2n) is 5.03. The summed E-state index contributed by atoms with van der Waals surface area (Å²) in [5.74, 6) is -0.0536. The molecule has 0 aromatic carbocycles. The van der Waals surface area contributed by atoms with Crippen LogP contribution in [0.5, 0.6) is 0 Å². The third kappa shape index (κ3) is 13.3. The van der Waals surface area contributed by atoms with Gasteiger partial charge < -0.3 is 5.32 Å². The Morgan fingerprint density at radius 2 is 1.33 bits per heavy atom. The number of unbranched alkanes of at least 4 members (excludes halogenated alkanes) is 10. The van der Waals surface area contributed by atoms with Gasteiger partial charge in [-0.05, 0) is 12.5 Å². The van der Waals surface area contributed by atoms with Crippen LogP contribution in [0, 0.1) is 0 Å². The van der Waals surface area contributed by atoms with Gasteiger partial charge in [0, 0.05) is 6.54 Å². The third-order valence-corrected chi connectivity index (χ3v) is 3.26. The van der Waals surface area contributed by atoms with Gasteiger partial charge in [-0.1, -0.05) is 77.7 Å². The summed E-state index contributed by atoms with van der Waals surface area (Å²) >= 11 is 0. The van der Waals surface area contributed by atoms with Gasteiger partial charge in [0.25, 0.3) is 0 Å². The first-order valence-electron chi connectivity index (χ1n) is 7.71. The van der Waals surface area contributed by atoms with E-state index in [0.717, 1.165) is 13.0 Å². The summed E-state index contributed by atoms with van der Waals surface area (Å²) in [6.45, 7) is 6.48. The molecule has 0 saturated carbocycles. The zero-order valence-corrected chi connectivity index (χ0v) is 12.2. The molecule has 18 heavy (non-hydrogen) atoms. The minimum Gasteiger partial charge on any atom is -0.353 e. The third-order valence-electron chi connectivity index (χ3n) is 3.26. The molecule has 0 fully saturated rings. The van der Waals surface area contributed by atoms with Crippen molar-refractivity contribution in [3.63, 3.8) is 0 Å². The number of carbonyl (C=O) groups is 1. The lowest BCUT2D eigenvalue weighted by atomic mass is 10.1. The molecule has 2 heteroatoms. The first kappa shape index (κ1) is 17.2. The van der Waals surface area contributed by atoms with Crippen LogP contribution in [0.3, 0.4) is 0 Å². The van der Waals surface area contributed by atoms with Crippen molar-refractivity contribution >= 4 is 5.91 Å². The van der Waals surface area contributed by atoms with Gasteiger partial charge in [0.1, 0.15) is 0 Å². The van der Waals surface area contributed by atoms with Gasteiger partial charge in [0.05, 0.1) is 0 Å². The molecular weight excluding hydrogens is 222 g/mol. The lowest BCUT2D eigenvalue weighted by Gasteiger charge is -2.03. The molecule has 106 valence electrons. The van der Waals surface area contributed by atoms with E-state index in [4.69, 9.17) is 0 Å². The van der Waals surface area contributed by atoms with Crippen molar-refractivity contribution in [1.29, 1.82) is 0 Å². The molecule has 0 heterocycles. The lowest BCUT2D eigenvalue weighted by Crippen LogP contribution is -2.21. The number of carbonyl (C=O) groups excluding carboxylic acids is 1. The van der Waals surface area contributed by atoms with E-state index in [1.807, 2.05) is 0 Å². The van der Waals surface area contributed by atoms with Crippen LogP contribution in [-0.4, -0.2) is 12.5 Å². The van der Waals surface area contributed by atoms with Gasteiger partial charge in [-0.2, -0.15) is 0 Å². The average molecular weight is 253 g/mol. The van der Waals surface area contributed by atoms with E-state index < -0.39 is 0 Å². The van der Waals surface area contributed by atoms with Crippen LogP contribution in [0.4, 0.5) is 0 Å². The van der Waals surface area contributed by atoms with Gasteiger partial charge in [-0.3, -0.25) is 4.79 Å². The van der Waals surface area contributed by atoms with Crippen molar-refractivity contribution in [3.8, 4) is 0 Å². The molecule has 0 atom stereocenters. The minimum absolute atomic E-state index is 0.0536. The van der Waals surface area contributed by atoms with Crippen LogP contribution < -0.4 is 5.32 Å². The Morgan fingerprint density at radius 3 is 1.78 bits per heavy atom. The van der Waals surface area contributed by atoms with Crippen molar-refractivity contribution < 1.29 is 4.79 Å². The number of hydrogen-bond acceptors (Lipinski definition) is 1. The van der Waals surface area contributed by atoms with E-state index >= 15 is 0 Å². The second-order valence-corrected chi connectivity index (χ2v) is 5.03. The molecule has 2 nitrogen and oxygen atoms in total. The zero-order chi connectivity index (χ0) is 13.5. The van der Waals surface area contributed by atoms with Crippen molar-refractivity contribution in [2.45, 2.75) is 77.6 Å². The molecule has 0 saturated heterocycles. The Labute approximate surface area is 113 Å². The SMILES string of the molecule is C=CC(=O)NCCCCCCCCCCCCC. The van der Waals surface area contributed by atoms with Crippen molar-refractivity contribution in [3.05, 3.63) is 12.7 Å². The molecule has 0 aliphatic carbocycles. The molecule has 0 aromatic heterocycles. The predicted molar refractivity (Wildman–Crippen MR) is 79.7 cm³/mol. The molecule has 0 spiro atoms. The van der Waals surface area contributed by atoms with Crippen molar-refractivity contribution in [2.24, 2.45) is 0 Å². The van der Waals surface area contributed by atoms with Gasteiger partial charge in [-0.25, -0.2) is 0 Å². The lowest BCUT2D eigenvalue weighted by molar-refractivity contribution is -0.116. The highest BCUT2D eigenvalue weighted by atomic mass is 16.1. The van der Waals surface area contributed by atoms with E-state index in [9.17, 15) is 4.79 Å². The number of nitrogens with one attached hydrogen (secondary N) is 1. The fraction of sp³-hybridized carbons (Fsp3) is 0.812. The quantitative estimate of drug-likeness (QED) is 0.377. The first-order valence-corrected chi connectivity index (χ1v) is 7.71. The fourth-order valence-corrected chi connectivity index (χ4v) is 2.07. The minimum atomic E-state index is -0.0536. The highest BCUT2D eigenvalue weighted by molar-refractivity contribution is 5.86. The van der Waals surface area contributed by atoms with Crippen LogP contribution in [0.2, 0.25) is 0 Å². The topological polar surface area (TPSA) is 29.1 Å². The molecular formula is C16H31NO. The Bertz CT molecular complexity index is 201. The molecule has 0 radical (unpaired) electrons. The maximum absolute atomic E-state index is 10.9. The van der Waals surface area contributed by atoms with Crippen LogP contribution in [0.25, 0.3) is 0 Å². The molecule has 0 bridgehead atoms. The average Bonchev–Trinajstić information content (AvgIpc) is 2.39. The number of hydrogen-bond donors (Lipinski definition) is 1. The largest absolute Gasteiger partial charge is 0.353 e. The summed E-state index contributed by atoms with van der Waals surface area (Å²) in [6.07, 6.45) is 16.1. The molecule has 0 aliphatic rings. The summed E-state index contributed by atoms with van der Waals surface area (Å²) in [4.78, 5) is 10.9. The highest BCUT2D eigenvalue weighted by Crippen LogP contribution is 2.10. The van der Waals surface area contributed by atoms with Crippen LogP contribution >= 0.6 is 0 Å². The summed E-state index contributed by atoms with van der Waals surface area (Å²) in [5, 5.41) is 2.81. The molecule has 0 aromatic rings. The van der Waals surface area contributed by atoms with Gasteiger partial charge in [0.15, 0.2) is 0 Å². The maximum Gasteiger partial charge on any atom is 0.243 e. The highest BCUT2D eigenvalue weighted by Gasteiger charge is 1.94. The molecule has 0 aliphatic heterocycles. The van der Waals surface area contributed by atoms with Gasteiger partial charge in [-0.15, -0.1) is 0 Å². The molecule has 0 unspecified atom stereocenters. The van der Waals surface area contributed by atoms with Crippen molar-refractivity contribution in [2.75, 3.05) is 6.54 Å². The molecule has 1 amide bonds. The van der Waals surface area contributed by atoms with Crippen LogP contribution in [0.15, 0.2) is 12.7 Å². The Kier molecular flexibility index (Phi) is 13.6. The smallest absolute Gasteiger partial charge is 0.243 e. The van der Waals surface area contributed by atoms with E-state index in [-0.39, 0.29) is 5.91 Å². The van der Waals surface area contributed by atoms with Gasteiger partial charge in [0.2, 0.25) is 5.91 Å². The van der Waals surface area contributed by atoms with E-state index in [1.54, 1.807) is 0 Å². The van der Waals surface area contributed by atoms with E-state index in [2.05, 4.69) is 18.8 Å². The summed E-state index contributed by atoms with van der Waals surface area (Å²) in [6, 6.07) is 0. The predicted octanol–water partition coefficient (Wildman–Crippen LogP) is 4.60. The number of rotatable bonds is 13. The summed E-state index contributed by atoms with van der Waals surface area (Å²) in [5.41, 5.74) is 0. The van der Waals surface area contributed by atoms with E-state index in [1.165, 1.54) is 70.3 Å². The summed E-state index contributed by atoms with van der Waals surface area (Å²) in [7, 11) is 0. The standard InChI is InChI=1S/C16H31NO/c1-3-5-6-7-8-9-10-11-12-13-14-15-17-16(18)4-2/h4H,2-3,5-15H2,1H3,(H,17,18). The van der Waals surface area contributed by atoms with Crippen molar-refractivity contribution in [1.82, 2.24) is 5.32 Å². The van der Waals surface area contributed by atoms with Gasteiger partial charge >= 0.3 is 0 Å². The Morgan fingerprint density at radius 1 is 0.889 bits per heavy atom. The van der Waals surface area contributed by atoms with Crippen LogP contribution in [0.1, 0.15) is 77.6 Å². The second kappa shape index (κ2) is 14.3. The Balaban J connectivity index is 2.98.